The number of nitrogens with zero attached hydrogens (tertiary/aromatic N) is 1. The fraction of sp³-hybridized carbons (Fsp3) is 0.333. The maximum Gasteiger partial charge on any atom is 0.416 e. The third-order valence-corrected chi connectivity index (χ3v) is 4.87. The van der Waals surface area contributed by atoms with Crippen molar-refractivity contribution in [3.8, 4) is 0 Å². The van der Waals surface area contributed by atoms with Gasteiger partial charge >= 0.3 is 6.18 Å². The van der Waals surface area contributed by atoms with Crippen molar-refractivity contribution in [1.29, 1.82) is 0 Å². The zero-order chi connectivity index (χ0) is 23.2. The summed E-state index contributed by atoms with van der Waals surface area (Å²) in [5, 5.41) is 16.0. The van der Waals surface area contributed by atoms with Crippen molar-refractivity contribution in [2.45, 2.75) is 39.0 Å². The first-order chi connectivity index (χ1) is 14.5. The second kappa shape index (κ2) is 10.1. The van der Waals surface area contributed by atoms with Crippen molar-refractivity contribution in [2.24, 2.45) is 5.92 Å². The molecule has 2 atom stereocenters. The number of amides is 2. The molecule has 166 valence electrons. The fourth-order valence-corrected chi connectivity index (χ4v) is 2.77. The lowest BCUT2D eigenvalue weighted by Crippen LogP contribution is -2.50. The van der Waals surface area contributed by atoms with Crippen molar-refractivity contribution in [1.82, 2.24) is 10.6 Å². The Hall–Kier alpha value is -3.43. The average molecular weight is 437 g/mol. The number of carbonyl (C=O) groups is 2. The molecule has 31 heavy (non-hydrogen) atoms. The SMILES string of the molecule is CC[C@H](C)[C@H](NC(=O)c1ccc([N+](=O)[O-])cc1)C(=O)NCc1ccc(C(F)(F)F)cc1. The van der Waals surface area contributed by atoms with E-state index in [-0.39, 0.29) is 23.7 Å². The van der Waals surface area contributed by atoms with Crippen LogP contribution in [0.1, 0.15) is 41.8 Å². The van der Waals surface area contributed by atoms with Gasteiger partial charge in [-0.3, -0.25) is 19.7 Å². The van der Waals surface area contributed by atoms with Gasteiger partial charge in [-0.25, -0.2) is 0 Å². The van der Waals surface area contributed by atoms with E-state index < -0.39 is 34.5 Å². The Balaban J connectivity index is 2.04. The number of hydrogen-bond acceptors (Lipinski definition) is 4. The summed E-state index contributed by atoms with van der Waals surface area (Å²) in [5.41, 5.74) is -0.305. The van der Waals surface area contributed by atoms with E-state index in [9.17, 15) is 32.9 Å². The van der Waals surface area contributed by atoms with E-state index in [1.54, 1.807) is 6.92 Å². The van der Waals surface area contributed by atoms with Crippen molar-refractivity contribution < 1.29 is 27.7 Å². The van der Waals surface area contributed by atoms with Crippen LogP contribution in [0.25, 0.3) is 0 Å². The molecule has 10 heteroatoms. The number of nitro groups is 1. The predicted octanol–water partition coefficient (Wildman–Crippen LogP) is 4.07. The van der Waals surface area contributed by atoms with Crippen LogP contribution in [0.15, 0.2) is 48.5 Å². The van der Waals surface area contributed by atoms with E-state index in [4.69, 9.17) is 0 Å². The molecule has 7 nitrogen and oxygen atoms in total. The number of benzene rings is 2. The minimum atomic E-state index is -4.44. The van der Waals surface area contributed by atoms with Gasteiger partial charge in [-0.2, -0.15) is 13.2 Å². The number of nitro benzene ring substituents is 1. The van der Waals surface area contributed by atoms with Crippen LogP contribution in [0.5, 0.6) is 0 Å². The fourth-order valence-electron chi connectivity index (χ4n) is 2.77. The van der Waals surface area contributed by atoms with Gasteiger partial charge in [-0.15, -0.1) is 0 Å². The second-order valence-corrected chi connectivity index (χ2v) is 7.05. The molecule has 0 aliphatic carbocycles. The lowest BCUT2D eigenvalue weighted by Gasteiger charge is -2.23. The molecule has 2 amide bonds. The summed E-state index contributed by atoms with van der Waals surface area (Å²) in [6, 6.07) is 8.50. The third kappa shape index (κ3) is 6.53. The number of hydrogen-bond donors (Lipinski definition) is 2. The molecule has 2 rings (SSSR count). The van der Waals surface area contributed by atoms with Crippen molar-refractivity contribution in [3.05, 3.63) is 75.3 Å². The molecule has 0 bridgehead atoms. The summed E-state index contributed by atoms with van der Waals surface area (Å²) in [6.07, 6.45) is -3.86. The van der Waals surface area contributed by atoms with Crippen molar-refractivity contribution in [3.63, 3.8) is 0 Å². The summed E-state index contributed by atoms with van der Waals surface area (Å²) >= 11 is 0. The van der Waals surface area contributed by atoms with Crippen LogP contribution < -0.4 is 10.6 Å². The van der Waals surface area contributed by atoms with Gasteiger partial charge in [-0.1, -0.05) is 32.4 Å². The monoisotopic (exact) mass is 437 g/mol. The number of nitrogens with one attached hydrogen (secondary N) is 2. The smallest absolute Gasteiger partial charge is 0.350 e. The molecule has 2 aromatic carbocycles. The van der Waals surface area contributed by atoms with Gasteiger partial charge in [-0.05, 0) is 35.7 Å². The Labute approximate surface area is 176 Å². The molecule has 0 spiro atoms. The Kier molecular flexibility index (Phi) is 7.73. The quantitative estimate of drug-likeness (QED) is 0.480. The molecule has 0 saturated heterocycles. The van der Waals surface area contributed by atoms with Gasteiger partial charge in [0.2, 0.25) is 5.91 Å². The normalized spacial score (nSPS) is 13.2. The molecule has 0 aliphatic rings. The van der Waals surface area contributed by atoms with E-state index in [1.165, 1.54) is 36.4 Å². The largest absolute Gasteiger partial charge is 0.416 e. The Morgan fingerprint density at radius 1 is 1.06 bits per heavy atom. The zero-order valence-corrected chi connectivity index (χ0v) is 16.9. The third-order valence-electron chi connectivity index (χ3n) is 4.87. The van der Waals surface area contributed by atoms with E-state index >= 15 is 0 Å². The minimum Gasteiger partial charge on any atom is -0.350 e. The second-order valence-electron chi connectivity index (χ2n) is 7.05. The van der Waals surface area contributed by atoms with Crippen LogP contribution >= 0.6 is 0 Å². The first-order valence-corrected chi connectivity index (χ1v) is 9.52. The molecule has 0 fully saturated rings. The Morgan fingerprint density at radius 3 is 2.13 bits per heavy atom. The number of halogens is 3. The van der Waals surface area contributed by atoms with E-state index in [0.717, 1.165) is 12.1 Å². The molecule has 0 aromatic heterocycles. The highest BCUT2D eigenvalue weighted by molar-refractivity contribution is 5.97. The minimum absolute atomic E-state index is 0.00267. The summed E-state index contributed by atoms with van der Waals surface area (Å²) in [4.78, 5) is 35.3. The highest BCUT2D eigenvalue weighted by Crippen LogP contribution is 2.29. The van der Waals surface area contributed by atoms with Crippen LogP contribution in [0.4, 0.5) is 18.9 Å². The van der Waals surface area contributed by atoms with Crippen molar-refractivity contribution in [2.75, 3.05) is 0 Å². The molecular formula is C21H22F3N3O4. The van der Waals surface area contributed by atoms with Gasteiger partial charge in [0.05, 0.1) is 10.5 Å². The first-order valence-electron chi connectivity index (χ1n) is 9.52. The van der Waals surface area contributed by atoms with Crippen LogP contribution in [0, 0.1) is 16.0 Å². The van der Waals surface area contributed by atoms with Gasteiger partial charge in [0.1, 0.15) is 6.04 Å². The first kappa shape index (κ1) is 23.8. The lowest BCUT2D eigenvalue weighted by atomic mass is 9.97. The van der Waals surface area contributed by atoms with E-state index in [1.807, 2.05) is 6.92 Å². The summed E-state index contributed by atoms with van der Waals surface area (Å²) in [5.74, 6) is -1.27. The molecule has 0 heterocycles. The Morgan fingerprint density at radius 2 is 1.65 bits per heavy atom. The predicted molar refractivity (Wildman–Crippen MR) is 107 cm³/mol. The van der Waals surface area contributed by atoms with Crippen molar-refractivity contribution >= 4 is 17.5 Å². The van der Waals surface area contributed by atoms with E-state index in [2.05, 4.69) is 10.6 Å². The maximum absolute atomic E-state index is 12.7. The average Bonchev–Trinajstić information content (AvgIpc) is 2.74. The molecule has 0 aliphatic heterocycles. The molecule has 0 saturated carbocycles. The highest BCUT2D eigenvalue weighted by atomic mass is 19.4. The zero-order valence-electron chi connectivity index (χ0n) is 16.9. The summed E-state index contributed by atoms with van der Waals surface area (Å²) in [7, 11) is 0. The molecule has 0 radical (unpaired) electrons. The Bertz CT molecular complexity index is 928. The molecule has 2 N–H and O–H groups in total. The van der Waals surface area contributed by atoms with Crippen LogP contribution in [-0.2, 0) is 17.5 Å². The lowest BCUT2D eigenvalue weighted by molar-refractivity contribution is -0.384. The topological polar surface area (TPSA) is 101 Å². The standard InChI is InChI=1S/C21H22F3N3O4/c1-3-13(2)18(26-19(28)15-6-10-17(11-7-15)27(30)31)20(29)25-12-14-4-8-16(9-5-14)21(22,23)24/h4-11,13,18H,3,12H2,1-2H3,(H,25,29)(H,26,28)/t13-,18-/m0/s1. The number of rotatable bonds is 8. The van der Waals surface area contributed by atoms with Gasteiger partial charge in [0.15, 0.2) is 0 Å². The molecular weight excluding hydrogens is 415 g/mol. The number of alkyl halides is 3. The van der Waals surface area contributed by atoms with Gasteiger partial charge in [0, 0.05) is 24.2 Å². The molecule has 0 unspecified atom stereocenters. The number of carbonyl (C=O) groups excluding carboxylic acids is 2. The van der Waals surface area contributed by atoms with Crippen LogP contribution in [0.3, 0.4) is 0 Å². The maximum atomic E-state index is 12.7. The highest BCUT2D eigenvalue weighted by Gasteiger charge is 2.30. The summed E-state index contributed by atoms with van der Waals surface area (Å²) in [6.45, 7) is 3.62. The van der Waals surface area contributed by atoms with Crippen LogP contribution in [-0.4, -0.2) is 22.8 Å². The van der Waals surface area contributed by atoms with Gasteiger partial charge < -0.3 is 10.6 Å². The number of non-ortho nitro benzene ring substituents is 1. The molecule has 2 aromatic rings. The summed E-state index contributed by atoms with van der Waals surface area (Å²) < 4.78 is 37.9. The van der Waals surface area contributed by atoms with Crippen LogP contribution in [0.2, 0.25) is 0 Å². The van der Waals surface area contributed by atoms with E-state index in [0.29, 0.717) is 12.0 Å². The van der Waals surface area contributed by atoms with Gasteiger partial charge in [0.25, 0.3) is 11.6 Å².